The Hall–Kier alpha value is -6.84. The molecule has 7 amide bonds. The number of carbonyl (C=O) groups excluding carboxylic acids is 8. The molecule has 8 N–H and O–H groups in total. The summed E-state index contributed by atoms with van der Waals surface area (Å²) in [5.41, 5.74) is 0.425. The van der Waals surface area contributed by atoms with Crippen molar-refractivity contribution in [3.63, 3.8) is 0 Å². The van der Waals surface area contributed by atoms with Gasteiger partial charge in [-0.1, -0.05) is 51.1 Å². The number of benzene rings is 2. The van der Waals surface area contributed by atoms with Crippen molar-refractivity contribution in [3.05, 3.63) is 71.3 Å². The summed E-state index contributed by atoms with van der Waals surface area (Å²) in [4.78, 5) is 130. The standard InChI is InChI=1S/C53H75F2N7O13/c1-30(64)13-12-16-43(65)57-32(3)51(73)61(8)33(4)49(71)58-31(2)48(70)60-41(50(72)56-23-21-44(66)59-42(52(74)75)19-20-46(68)69)22-24-62(45(67)29-63)47(53(5,6)7)39-27-36(38-28-37(54)17-18-40(38)55)26-35(39)25-34-14-10-9-11-15-34/h9-11,14-15,17-18,28,31-33,35-36,39,41-42,47,63H,12-13,16,19-27,29H2,1-8H3,(H,56,72)(H,57,65)(H,58,71)(H,59,66)(H,60,70)(H,68,69)(H,74,75)/t31-,32-,33-,35?,36?,39?,41-,42+,47-/m0/s1. The molecule has 22 heteroatoms. The van der Waals surface area contributed by atoms with Gasteiger partial charge in [0.05, 0.1) is 0 Å². The molecule has 75 heavy (non-hydrogen) atoms. The number of ketones is 1. The first-order valence-electron chi connectivity index (χ1n) is 25.2. The van der Waals surface area contributed by atoms with E-state index < -0.39 is 145 Å². The molecule has 0 radical (unpaired) electrons. The molecular formula is C53H75F2N7O13. The molecule has 1 aliphatic carbocycles. The summed E-state index contributed by atoms with van der Waals surface area (Å²) in [6.45, 7) is 9.61. The zero-order valence-electron chi connectivity index (χ0n) is 44.1. The predicted molar refractivity (Wildman–Crippen MR) is 270 cm³/mol. The van der Waals surface area contributed by atoms with Crippen LogP contribution in [0.2, 0.25) is 0 Å². The number of hydrogen-bond donors (Lipinski definition) is 8. The topological polar surface area (TPSA) is 298 Å². The summed E-state index contributed by atoms with van der Waals surface area (Å²) in [6, 6.07) is 5.52. The van der Waals surface area contributed by atoms with E-state index in [-0.39, 0.29) is 49.0 Å². The molecule has 0 bridgehead atoms. The normalized spacial score (nSPS) is 17.7. The summed E-state index contributed by atoms with van der Waals surface area (Å²) < 4.78 is 30.1. The minimum Gasteiger partial charge on any atom is -0.481 e. The molecule has 1 aliphatic rings. The van der Waals surface area contributed by atoms with Crippen LogP contribution in [0, 0.1) is 28.9 Å². The van der Waals surface area contributed by atoms with Crippen molar-refractivity contribution in [1.29, 1.82) is 0 Å². The maximum atomic E-state index is 15.4. The third-order valence-corrected chi connectivity index (χ3v) is 13.5. The number of hydrogen-bond acceptors (Lipinski definition) is 11. The molecule has 2 aromatic carbocycles. The predicted octanol–water partition coefficient (Wildman–Crippen LogP) is 2.98. The highest BCUT2D eigenvalue weighted by atomic mass is 19.1. The van der Waals surface area contributed by atoms with E-state index >= 15 is 4.39 Å². The molecule has 3 rings (SSSR count). The molecule has 0 aliphatic heterocycles. The van der Waals surface area contributed by atoms with E-state index in [9.17, 15) is 62.5 Å². The summed E-state index contributed by atoms with van der Waals surface area (Å²) >= 11 is 0. The average Bonchev–Trinajstić information content (AvgIpc) is 3.74. The highest BCUT2D eigenvalue weighted by Crippen LogP contribution is 2.50. The van der Waals surface area contributed by atoms with Gasteiger partial charge in [0, 0.05) is 51.9 Å². The van der Waals surface area contributed by atoms with Crippen LogP contribution in [-0.2, 0) is 54.4 Å². The zero-order valence-corrected chi connectivity index (χ0v) is 44.1. The van der Waals surface area contributed by atoms with Crippen LogP contribution in [-0.4, -0.2) is 147 Å². The van der Waals surface area contributed by atoms with Crippen molar-refractivity contribution in [3.8, 4) is 0 Å². The number of aliphatic hydroxyl groups excluding tert-OH is 1. The number of nitrogens with zero attached hydrogens (tertiary/aromatic N) is 2. The molecule has 0 spiro atoms. The largest absolute Gasteiger partial charge is 0.481 e. The second kappa shape index (κ2) is 29.3. The second-order valence-corrected chi connectivity index (χ2v) is 20.5. The van der Waals surface area contributed by atoms with E-state index in [4.69, 9.17) is 5.11 Å². The van der Waals surface area contributed by atoms with Gasteiger partial charge in [0.15, 0.2) is 0 Å². The Morgan fingerprint density at radius 2 is 1.40 bits per heavy atom. The molecule has 20 nitrogen and oxygen atoms in total. The maximum Gasteiger partial charge on any atom is 0.326 e. The van der Waals surface area contributed by atoms with E-state index in [0.717, 1.165) is 22.6 Å². The fraction of sp³-hybridized carbons (Fsp3) is 0.585. The molecule has 9 atom stereocenters. The van der Waals surface area contributed by atoms with Crippen molar-refractivity contribution < 1.29 is 72.0 Å². The lowest BCUT2D eigenvalue weighted by Crippen LogP contribution is -2.58. The van der Waals surface area contributed by atoms with E-state index in [1.54, 1.807) is 0 Å². The van der Waals surface area contributed by atoms with Crippen LogP contribution in [0.1, 0.15) is 123 Å². The van der Waals surface area contributed by atoms with Crippen molar-refractivity contribution >= 4 is 59.1 Å². The summed E-state index contributed by atoms with van der Waals surface area (Å²) in [5.74, 6) is -10.2. The first-order chi connectivity index (χ1) is 35.1. The Balaban J connectivity index is 1.93. The van der Waals surface area contributed by atoms with Crippen LogP contribution in [0.15, 0.2) is 48.5 Å². The molecular weight excluding hydrogens is 981 g/mol. The number of rotatable bonds is 29. The number of Topliss-reactive ketones (excluding diaryl/α,β-unsaturated/α-hetero) is 1. The summed E-state index contributed by atoms with van der Waals surface area (Å²) in [5, 5.41) is 41.4. The third-order valence-electron chi connectivity index (χ3n) is 13.5. The number of aliphatic hydroxyl groups is 1. The Morgan fingerprint density at radius 1 is 0.747 bits per heavy atom. The zero-order chi connectivity index (χ0) is 56.3. The number of amides is 7. The number of carboxylic acids is 2. The summed E-state index contributed by atoms with van der Waals surface area (Å²) in [7, 11) is 1.33. The van der Waals surface area contributed by atoms with E-state index in [2.05, 4.69) is 26.6 Å². The smallest absolute Gasteiger partial charge is 0.326 e. The van der Waals surface area contributed by atoms with Crippen LogP contribution >= 0.6 is 0 Å². The average molecular weight is 1060 g/mol. The van der Waals surface area contributed by atoms with Gasteiger partial charge in [0.1, 0.15) is 54.2 Å². The van der Waals surface area contributed by atoms with Gasteiger partial charge in [-0.05, 0) is 119 Å². The van der Waals surface area contributed by atoms with Gasteiger partial charge < -0.3 is 56.5 Å². The first-order valence-corrected chi connectivity index (χ1v) is 25.2. The minimum atomic E-state index is -1.53. The van der Waals surface area contributed by atoms with E-state index in [1.165, 1.54) is 45.7 Å². The van der Waals surface area contributed by atoms with Crippen molar-refractivity contribution in [2.45, 2.75) is 155 Å². The molecule has 0 saturated heterocycles. The van der Waals surface area contributed by atoms with Gasteiger partial charge in [-0.2, -0.15) is 0 Å². The Kier molecular flexibility index (Phi) is 24.4. The van der Waals surface area contributed by atoms with Crippen LogP contribution in [0.3, 0.4) is 0 Å². The van der Waals surface area contributed by atoms with Gasteiger partial charge in [-0.25, -0.2) is 13.6 Å². The molecule has 1 fully saturated rings. The molecule has 0 heterocycles. The highest BCUT2D eigenvalue weighted by molar-refractivity contribution is 5.95. The first kappa shape index (κ1) is 62.5. The van der Waals surface area contributed by atoms with Crippen molar-refractivity contribution in [2.24, 2.45) is 17.3 Å². The maximum absolute atomic E-state index is 15.4. The fourth-order valence-corrected chi connectivity index (χ4v) is 9.62. The second-order valence-electron chi connectivity index (χ2n) is 20.5. The van der Waals surface area contributed by atoms with Crippen LogP contribution in [0.5, 0.6) is 0 Å². The molecule has 414 valence electrons. The monoisotopic (exact) mass is 1060 g/mol. The Labute approximate surface area is 436 Å². The van der Waals surface area contributed by atoms with Crippen molar-refractivity contribution in [2.75, 3.05) is 26.7 Å². The number of aliphatic carboxylic acids is 2. The lowest BCUT2D eigenvalue weighted by molar-refractivity contribution is -0.143. The molecule has 1 saturated carbocycles. The molecule has 3 unspecified atom stereocenters. The van der Waals surface area contributed by atoms with Gasteiger partial charge in [0.2, 0.25) is 41.4 Å². The van der Waals surface area contributed by atoms with Gasteiger partial charge in [-0.15, -0.1) is 0 Å². The van der Waals surface area contributed by atoms with Gasteiger partial charge in [-0.3, -0.25) is 38.4 Å². The number of nitrogens with one attached hydrogen (secondary N) is 5. The number of carbonyl (C=O) groups is 10. The Morgan fingerprint density at radius 3 is 2.00 bits per heavy atom. The van der Waals surface area contributed by atoms with Crippen LogP contribution in [0.25, 0.3) is 0 Å². The molecule has 0 aromatic heterocycles. The lowest BCUT2D eigenvalue weighted by Gasteiger charge is -2.46. The van der Waals surface area contributed by atoms with E-state index in [0.29, 0.717) is 25.7 Å². The van der Waals surface area contributed by atoms with Crippen molar-refractivity contribution in [1.82, 2.24) is 36.4 Å². The number of likely N-dealkylation sites (N-methyl/N-ethyl adjacent to an activating group) is 1. The lowest BCUT2D eigenvalue weighted by atomic mass is 9.72. The van der Waals surface area contributed by atoms with Gasteiger partial charge in [0.25, 0.3) is 0 Å². The quantitative estimate of drug-likeness (QED) is 0.0582. The van der Waals surface area contributed by atoms with Crippen LogP contribution in [0.4, 0.5) is 8.78 Å². The van der Waals surface area contributed by atoms with Gasteiger partial charge >= 0.3 is 11.9 Å². The fourth-order valence-electron chi connectivity index (χ4n) is 9.62. The number of carboxylic acid groups (broad SMARTS) is 2. The molecule has 2 aromatic rings. The number of halogens is 2. The van der Waals surface area contributed by atoms with E-state index in [1.807, 2.05) is 51.1 Å². The van der Waals surface area contributed by atoms with Crippen LogP contribution < -0.4 is 26.6 Å². The minimum absolute atomic E-state index is 0.00472. The third kappa shape index (κ3) is 19.7. The SMILES string of the molecule is CC(=O)CCCC(=O)N[C@@H](C)C(=O)N(C)[C@@H](C)C(=O)N[C@@H](C)C(=O)N[C@@H](CCN(C(=O)CO)[C@@H](C1CC(c2cc(F)ccc2F)CC1Cc1ccccc1)C(C)(C)C)C(=O)NCCC(=O)N[C@H](CCC(=O)O)C(=O)O. The Bertz CT molecular complexity index is 2350. The highest BCUT2D eigenvalue weighted by Gasteiger charge is 2.48. The summed E-state index contributed by atoms with van der Waals surface area (Å²) in [6.07, 6.45) is 0.0269.